The van der Waals surface area contributed by atoms with Crippen LogP contribution in [0.2, 0.25) is 0 Å². The third kappa shape index (κ3) is 1.86. The van der Waals surface area contributed by atoms with Crippen LogP contribution in [0.15, 0.2) is 42.9 Å². The number of fused-ring (bicyclic) bond motifs is 2. The maximum Gasteiger partial charge on any atom is 0.116 e. The summed E-state index contributed by atoms with van der Waals surface area (Å²) in [5.74, 6) is 0. The van der Waals surface area contributed by atoms with Crippen molar-refractivity contribution in [3.05, 3.63) is 54.1 Å². The molecule has 98 valence electrons. The van der Waals surface area contributed by atoms with Gasteiger partial charge in [-0.1, -0.05) is 18.2 Å². The van der Waals surface area contributed by atoms with Gasteiger partial charge in [0.15, 0.2) is 0 Å². The second-order valence-electron chi connectivity index (χ2n) is 5.27. The molecule has 3 nitrogen and oxygen atoms in total. The largest absolute Gasteiger partial charge is 0.256 e. The van der Waals surface area contributed by atoms with Crippen molar-refractivity contribution < 1.29 is 0 Å². The lowest BCUT2D eigenvalue weighted by Gasteiger charge is -2.17. The number of para-hydroxylation sites is 1. The summed E-state index contributed by atoms with van der Waals surface area (Å²) in [6.07, 6.45) is 8.24. The number of benzene rings is 1. The molecule has 0 radical (unpaired) electrons. The minimum Gasteiger partial charge on any atom is -0.256 e. The number of hydrogen-bond donors (Lipinski definition) is 0. The summed E-state index contributed by atoms with van der Waals surface area (Å²) < 4.78 is 0. The van der Waals surface area contributed by atoms with Gasteiger partial charge >= 0.3 is 0 Å². The SMILES string of the molecule is c1ccc2ncc(-c3ncnc4c3CCCC4)cc2c1. The van der Waals surface area contributed by atoms with Crippen molar-refractivity contribution in [2.45, 2.75) is 25.7 Å². The van der Waals surface area contributed by atoms with Crippen molar-refractivity contribution in [2.75, 3.05) is 0 Å². The first-order valence-corrected chi connectivity index (χ1v) is 7.10. The number of pyridine rings is 1. The molecule has 20 heavy (non-hydrogen) atoms. The normalized spacial score (nSPS) is 14.2. The summed E-state index contributed by atoms with van der Waals surface area (Å²) in [5, 5.41) is 1.16. The summed E-state index contributed by atoms with van der Waals surface area (Å²) >= 11 is 0. The molecule has 0 unspecified atom stereocenters. The Bertz CT molecular complexity index is 780. The summed E-state index contributed by atoms with van der Waals surface area (Å²) in [6.45, 7) is 0. The number of hydrogen-bond acceptors (Lipinski definition) is 3. The van der Waals surface area contributed by atoms with Crippen LogP contribution in [0.1, 0.15) is 24.1 Å². The van der Waals surface area contributed by atoms with Gasteiger partial charge in [-0.3, -0.25) is 4.98 Å². The van der Waals surface area contributed by atoms with Crippen LogP contribution in [-0.4, -0.2) is 15.0 Å². The summed E-state index contributed by atoms with van der Waals surface area (Å²) in [5.41, 5.74) is 5.72. The molecule has 0 amide bonds. The van der Waals surface area contributed by atoms with Crippen molar-refractivity contribution in [3.63, 3.8) is 0 Å². The van der Waals surface area contributed by atoms with E-state index in [4.69, 9.17) is 0 Å². The van der Waals surface area contributed by atoms with E-state index < -0.39 is 0 Å². The molecule has 1 aliphatic carbocycles. The molecular formula is C17H15N3. The quantitative estimate of drug-likeness (QED) is 0.672. The second-order valence-corrected chi connectivity index (χ2v) is 5.27. The average molecular weight is 261 g/mol. The highest BCUT2D eigenvalue weighted by atomic mass is 14.8. The van der Waals surface area contributed by atoms with Gasteiger partial charge in [-0.25, -0.2) is 9.97 Å². The third-order valence-corrected chi connectivity index (χ3v) is 3.99. The van der Waals surface area contributed by atoms with Crippen molar-refractivity contribution >= 4 is 10.9 Å². The fraction of sp³-hybridized carbons (Fsp3) is 0.235. The molecule has 0 atom stereocenters. The number of nitrogens with zero attached hydrogens (tertiary/aromatic N) is 3. The highest BCUT2D eigenvalue weighted by Crippen LogP contribution is 2.29. The van der Waals surface area contributed by atoms with Crippen LogP contribution >= 0.6 is 0 Å². The van der Waals surface area contributed by atoms with Gasteiger partial charge in [0.1, 0.15) is 6.33 Å². The van der Waals surface area contributed by atoms with Crippen LogP contribution in [0.25, 0.3) is 22.2 Å². The Balaban J connectivity index is 1.90. The number of aryl methyl sites for hydroxylation is 1. The lowest BCUT2D eigenvalue weighted by molar-refractivity contribution is 0.664. The van der Waals surface area contributed by atoms with Crippen LogP contribution in [0.5, 0.6) is 0 Å². The predicted octanol–water partition coefficient (Wildman–Crippen LogP) is 3.57. The zero-order valence-electron chi connectivity index (χ0n) is 11.2. The molecule has 0 spiro atoms. The summed E-state index contributed by atoms with van der Waals surface area (Å²) in [7, 11) is 0. The standard InChI is InChI=1S/C17H15N3/c1-3-7-15-12(5-1)9-13(10-18-15)17-14-6-2-4-8-16(14)19-11-20-17/h1,3,5,7,9-11H,2,4,6,8H2. The lowest BCUT2D eigenvalue weighted by Crippen LogP contribution is -2.08. The zero-order chi connectivity index (χ0) is 13.4. The van der Waals surface area contributed by atoms with Crippen LogP contribution < -0.4 is 0 Å². The molecule has 3 heteroatoms. The first kappa shape index (κ1) is 11.5. The van der Waals surface area contributed by atoms with Crippen molar-refractivity contribution in [2.24, 2.45) is 0 Å². The van der Waals surface area contributed by atoms with Gasteiger partial charge in [0, 0.05) is 28.4 Å². The molecule has 0 saturated heterocycles. The van der Waals surface area contributed by atoms with Gasteiger partial charge in [-0.05, 0) is 37.8 Å². The van der Waals surface area contributed by atoms with E-state index in [9.17, 15) is 0 Å². The van der Waals surface area contributed by atoms with Crippen LogP contribution in [0.3, 0.4) is 0 Å². The topological polar surface area (TPSA) is 38.7 Å². The van der Waals surface area contributed by atoms with E-state index in [1.807, 2.05) is 24.4 Å². The van der Waals surface area contributed by atoms with Gasteiger partial charge in [0.25, 0.3) is 0 Å². The van der Waals surface area contributed by atoms with E-state index in [1.165, 1.54) is 24.1 Å². The van der Waals surface area contributed by atoms with E-state index in [-0.39, 0.29) is 0 Å². The molecule has 0 saturated carbocycles. The smallest absolute Gasteiger partial charge is 0.116 e. The minimum atomic E-state index is 1.03. The third-order valence-electron chi connectivity index (χ3n) is 3.99. The van der Waals surface area contributed by atoms with Crippen LogP contribution in [0, 0.1) is 0 Å². The predicted molar refractivity (Wildman–Crippen MR) is 79.4 cm³/mol. The van der Waals surface area contributed by atoms with E-state index in [2.05, 4.69) is 27.1 Å². The Hall–Kier alpha value is -2.29. The second kappa shape index (κ2) is 4.67. The van der Waals surface area contributed by atoms with Gasteiger partial charge in [-0.15, -0.1) is 0 Å². The summed E-state index contributed by atoms with van der Waals surface area (Å²) in [4.78, 5) is 13.5. The van der Waals surface area contributed by atoms with Gasteiger partial charge < -0.3 is 0 Å². The van der Waals surface area contributed by atoms with Crippen LogP contribution in [0.4, 0.5) is 0 Å². The zero-order valence-corrected chi connectivity index (χ0v) is 11.2. The first-order chi connectivity index (χ1) is 9.92. The lowest BCUT2D eigenvalue weighted by atomic mass is 9.92. The van der Waals surface area contributed by atoms with Gasteiger partial charge in [0.05, 0.1) is 11.2 Å². The molecule has 3 aromatic rings. The molecule has 0 aliphatic heterocycles. The van der Waals surface area contributed by atoms with E-state index >= 15 is 0 Å². The monoisotopic (exact) mass is 261 g/mol. The Labute approximate surface area is 117 Å². The molecule has 2 heterocycles. The maximum absolute atomic E-state index is 4.55. The molecule has 2 aromatic heterocycles. The van der Waals surface area contributed by atoms with E-state index in [1.54, 1.807) is 6.33 Å². The average Bonchev–Trinajstić information content (AvgIpc) is 2.54. The Morgan fingerprint density at radius 1 is 0.900 bits per heavy atom. The molecule has 4 rings (SSSR count). The highest BCUT2D eigenvalue weighted by molar-refractivity contribution is 5.83. The minimum absolute atomic E-state index is 1.03. The van der Waals surface area contributed by atoms with E-state index in [0.29, 0.717) is 0 Å². The molecular weight excluding hydrogens is 246 g/mol. The number of aromatic nitrogens is 3. The maximum atomic E-state index is 4.55. The first-order valence-electron chi connectivity index (χ1n) is 7.10. The Morgan fingerprint density at radius 3 is 2.80 bits per heavy atom. The molecule has 0 bridgehead atoms. The van der Waals surface area contributed by atoms with Crippen molar-refractivity contribution in [1.29, 1.82) is 0 Å². The highest BCUT2D eigenvalue weighted by Gasteiger charge is 2.16. The Morgan fingerprint density at radius 2 is 1.80 bits per heavy atom. The fourth-order valence-corrected chi connectivity index (χ4v) is 2.97. The van der Waals surface area contributed by atoms with Gasteiger partial charge in [-0.2, -0.15) is 0 Å². The number of rotatable bonds is 1. The molecule has 1 aromatic carbocycles. The van der Waals surface area contributed by atoms with Crippen molar-refractivity contribution in [3.8, 4) is 11.3 Å². The Kier molecular flexibility index (Phi) is 2.69. The molecule has 0 fully saturated rings. The van der Waals surface area contributed by atoms with E-state index in [0.717, 1.165) is 35.0 Å². The van der Waals surface area contributed by atoms with Crippen LogP contribution in [-0.2, 0) is 12.8 Å². The fourth-order valence-electron chi connectivity index (χ4n) is 2.97. The molecule has 0 N–H and O–H groups in total. The van der Waals surface area contributed by atoms with Gasteiger partial charge in [0.2, 0.25) is 0 Å². The molecule has 1 aliphatic rings. The van der Waals surface area contributed by atoms with Crippen molar-refractivity contribution in [1.82, 2.24) is 15.0 Å². The summed E-state index contributed by atoms with van der Waals surface area (Å²) in [6, 6.07) is 10.4.